The molecule has 65 valence electrons. The molecule has 0 saturated carbocycles. The van der Waals surface area contributed by atoms with Gasteiger partial charge in [0.05, 0.1) is 0 Å². The molecule has 0 heterocycles. The Morgan fingerprint density at radius 1 is 1.38 bits per heavy atom. The van der Waals surface area contributed by atoms with Crippen molar-refractivity contribution in [3.63, 3.8) is 0 Å². The molecular formula is C10H8O2Si-. The molecule has 0 unspecified atom stereocenters. The first-order valence-corrected chi connectivity index (χ1v) is 5.82. The van der Waals surface area contributed by atoms with Crippen molar-refractivity contribution in [1.29, 1.82) is 0 Å². The van der Waals surface area contributed by atoms with Gasteiger partial charge in [0.15, 0.2) is 8.80 Å². The summed E-state index contributed by atoms with van der Waals surface area (Å²) in [5.41, 5.74) is 2.69. The van der Waals surface area contributed by atoms with Gasteiger partial charge in [-0.3, -0.25) is 0 Å². The van der Waals surface area contributed by atoms with Crippen LogP contribution in [0.5, 0.6) is 0 Å². The van der Waals surface area contributed by atoms with E-state index < -0.39 is 14.8 Å². The summed E-state index contributed by atoms with van der Waals surface area (Å²) >= 11 is 0. The fourth-order valence-electron chi connectivity index (χ4n) is 0.905. The quantitative estimate of drug-likeness (QED) is 0.432. The number of rotatable bonds is 1. The summed E-state index contributed by atoms with van der Waals surface area (Å²) in [4.78, 5) is 10.1. The first kappa shape index (κ1) is 9.55. The van der Waals surface area contributed by atoms with Gasteiger partial charge < -0.3 is 9.90 Å². The predicted molar refractivity (Wildman–Crippen MR) is 50.5 cm³/mol. The zero-order valence-electron chi connectivity index (χ0n) is 7.20. The van der Waals surface area contributed by atoms with Gasteiger partial charge in [-0.25, -0.2) is 0 Å². The highest BCUT2D eigenvalue weighted by molar-refractivity contribution is 6.79. The van der Waals surface area contributed by atoms with Crippen LogP contribution in [0.15, 0.2) is 30.3 Å². The van der Waals surface area contributed by atoms with Crippen LogP contribution in [-0.2, 0) is 4.79 Å². The SMILES string of the molecule is C[Si](C#CC(=O)[O-])c1ccccc1. The van der Waals surface area contributed by atoms with E-state index in [9.17, 15) is 9.90 Å². The lowest BCUT2D eigenvalue weighted by Crippen LogP contribution is -2.26. The smallest absolute Gasteiger partial charge is 0.176 e. The van der Waals surface area contributed by atoms with E-state index in [0.29, 0.717) is 0 Å². The molecule has 0 N–H and O–H groups in total. The highest BCUT2D eigenvalue weighted by Gasteiger charge is 2.01. The van der Waals surface area contributed by atoms with Gasteiger partial charge in [0.25, 0.3) is 0 Å². The van der Waals surface area contributed by atoms with Crippen LogP contribution in [0.25, 0.3) is 0 Å². The summed E-state index contributed by atoms with van der Waals surface area (Å²) in [6.07, 6.45) is 0. The number of hydrogen-bond acceptors (Lipinski definition) is 2. The van der Waals surface area contributed by atoms with Crippen molar-refractivity contribution in [1.82, 2.24) is 0 Å². The molecule has 0 saturated heterocycles. The van der Waals surface area contributed by atoms with Crippen molar-refractivity contribution < 1.29 is 9.90 Å². The van der Waals surface area contributed by atoms with E-state index in [1.54, 1.807) is 0 Å². The maximum Gasteiger partial charge on any atom is 0.176 e. The van der Waals surface area contributed by atoms with E-state index >= 15 is 0 Å². The van der Waals surface area contributed by atoms with Crippen LogP contribution < -0.4 is 10.3 Å². The zero-order valence-corrected chi connectivity index (χ0v) is 8.20. The molecule has 1 radical (unpaired) electrons. The predicted octanol–water partition coefficient (Wildman–Crippen LogP) is -0.689. The number of benzene rings is 1. The number of hydrogen-bond donors (Lipinski definition) is 0. The molecule has 0 amide bonds. The van der Waals surface area contributed by atoms with E-state index in [1.165, 1.54) is 0 Å². The molecule has 0 aliphatic heterocycles. The standard InChI is InChI=1S/C10H9O2Si/c1-13(8-7-10(11)12)9-5-3-2-4-6-9/h2-6H,1H3,(H,11,12)/p-1. The van der Waals surface area contributed by atoms with Crippen LogP contribution in [0.4, 0.5) is 0 Å². The Kier molecular flexibility index (Phi) is 3.29. The van der Waals surface area contributed by atoms with E-state index in [0.717, 1.165) is 5.19 Å². The lowest BCUT2D eigenvalue weighted by molar-refractivity contribution is -0.295. The van der Waals surface area contributed by atoms with E-state index in [2.05, 4.69) is 5.54 Å². The Balaban J connectivity index is 2.77. The normalized spacial score (nSPS) is 9.08. The van der Waals surface area contributed by atoms with Crippen molar-refractivity contribution in [3.05, 3.63) is 30.3 Å². The zero-order chi connectivity index (χ0) is 9.68. The number of carboxylic acid groups (broad SMARTS) is 1. The fraction of sp³-hybridized carbons (Fsp3) is 0.100. The average molecular weight is 188 g/mol. The molecule has 0 fully saturated rings. The first-order chi connectivity index (χ1) is 6.20. The minimum absolute atomic E-state index is 1.04. The number of carbonyl (C=O) groups is 1. The van der Waals surface area contributed by atoms with E-state index in [4.69, 9.17) is 0 Å². The number of aliphatic carboxylic acids is 1. The Morgan fingerprint density at radius 2 is 2.00 bits per heavy atom. The second-order valence-corrected chi connectivity index (χ2v) is 4.61. The van der Waals surface area contributed by atoms with Crippen LogP contribution in [-0.4, -0.2) is 14.8 Å². The van der Waals surface area contributed by atoms with Gasteiger partial charge in [0.2, 0.25) is 0 Å². The van der Waals surface area contributed by atoms with Crippen LogP contribution in [0, 0.1) is 11.5 Å². The van der Waals surface area contributed by atoms with Gasteiger partial charge >= 0.3 is 0 Å². The lowest BCUT2D eigenvalue weighted by Gasteiger charge is -1.99. The number of carboxylic acids is 1. The molecule has 3 heteroatoms. The highest BCUT2D eigenvalue weighted by Crippen LogP contribution is 1.86. The fourth-order valence-corrected chi connectivity index (χ4v) is 2.03. The van der Waals surface area contributed by atoms with Gasteiger partial charge in [-0.1, -0.05) is 42.8 Å². The average Bonchev–Trinajstić information content (AvgIpc) is 2.15. The maximum atomic E-state index is 10.1. The molecule has 0 bridgehead atoms. The molecule has 0 aromatic heterocycles. The minimum atomic E-state index is -1.31. The Bertz CT molecular complexity index is 348. The van der Waals surface area contributed by atoms with Crippen molar-refractivity contribution in [2.24, 2.45) is 0 Å². The summed E-state index contributed by atoms with van der Waals surface area (Å²) in [5, 5.41) is 11.2. The molecule has 13 heavy (non-hydrogen) atoms. The van der Waals surface area contributed by atoms with Crippen molar-refractivity contribution >= 4 is 20.0 Å². The van der Waals surface area contributed by atoms with Crippen LogP contribution >= 0.6 is 0 Å². The molecule has 0 atom stereocenters. The molecule has 1 aromatic carbocycles. The third-order valence-corrected chi connectivity index (χ3v) is 3.26. The third kappa shape index (κ3) is 3.14. The second kappa shape index (κ2) is 4.48. The van der Waals surface area contributed by atoms with Gasteiger partial charge in [0.1, 0.15) is 5.97 Å². The summed E-state index contributed by atoms with van der Waals surface area (Å²) in [5.74, 6) is 0.739. The second-order valence-electron chi connectivity index (χ2n) is 2.53. The Hall–Kier alpha value is -1.53. The molecule has 0 spiro atoms. The van der Waals surface area contributed by atoms with Gasteiger partial charge in [-0.2, -0.15) is 0 Å². The summed E-state index contributed by atoms with van der Waals surface area (Å²) in [6.45, 7) is 1.95. The molecule has 0 aliphatic rings. The maximum absolute atomic E-state index is 10.1. The minimum Gasteiger partial charge on any atom is -0.537 e. The van der Waals surface area contributed by atoms with Gasteiger partial charge in [-0.05, 0) is 5.19 Å². The molecule has 1 aromatic rings. The Morgan fingerprint density at radius 3 is 2.54 bits per heavy atom. The summed E-state index contributed by atoms with van der Waals surface area (Å²) in [7, 11) is -1.04. The lowest BCUT2D eigenvalue weighted by atomic mass is 10.4. The Labute approximate surface area is 78.8 Å². The first-order valence-electron chi connectivity index (χ1n) is 3.82. The third-order valence-electron chi connectivity index (χ3n) is 1.56. The van der Waals surface area contributed by atoms with Crippen LogP contribution in [0.1, 0.15) is 0 Å². The van der Waals surface area contributed by atoms with Crippen LogP contribution in [0.3, 0.4) is 0 Å². The van der Waals surface area contributed by atoms with E-state index in [-0.39, 0.29) is 0 Å². The molecule has 0 aliphatic carbocycles. The highest BCUT2D eigenvalue weighted by atomic mass is 28.3. The largest absolute Gasteiger partial charge is 0.537 e. The van der Waals surface area contributed by atoms with Crippen LogP contribution in [0.2, 0.25) is 6.55 Å². The van der Waals surface area contributed by atoms with E-state index in [1.807, 2.05) is 42.8 Å². The van der Waals surface area contributed by atoms with Crippen molar-refractivity contribution in [2.45, 2.75) is 6.55 Å². The molecule has 1 rings (SSSR count). The summed E-state index contributed by atoms with van der Waals surface area (Å²) in [6, 6.07) is 9.68. The number of carbonyl (C=O) groups excluding carboxylic acids is 1. The van der Waals surface area contributed by atoms with Gasteiger partial charge in [-0.15, -0.1) is 5.54 Å². The molecular weight excluding hydrogens is 180 g/mol. The topological polar surface area (TPSA) is 40.1 Å². The molecule has 2 nitrogen and oxygen atoms in total. The van der Waals surface area contributed by atoms with Crippen molar-refractivity contribution in [3.8, 4) is 11.5 Å². The summed E-state index contributed by atoms with van der Waals surface area (Å²) < 4.78 is 0. The van der Waals surface area contributed by atoms with Crippen molar-refractivity contribution in [2.75, 3.05) is 0 Å². The van der Waals surface area contributed by atoms with Gasteiger partial charge in [0, 0.05) is 0 Å². The monoisotopic (exact) mass is 188 g/mol.